The lowest BCUT2D eigenvalue weighted by atomic mass is 10.0. The van der Waals surface area contributed by atoms with Crippen LogP contribution >= 0.6 is 11.6 Å². The van der Waals surface area contributed by atoms with Crippen molar-refractivity contribution in [3.63, 3.8) is 0 Å². The molecule has 0 unspecified atom stereocenters. The summed E-state index contributed by atoms with van der Waals surface area (Å²) in [6.45, 7) is 4.12. The maximum atomic E-state index is 10.1. The largest absolute Gasteiger partial charge is 0.508 e. The Morgan fingerprint density at radius 1 is 1.20 bits per heavy atom. The van der Waals surface area contributed by atoms with Gasteiger partial charge in [0.05, 0.1) is 5.52 Å². The molecule has 3 rings (SSSR count). The Labute approximate surface area is 122 Å². The van der Waals surface area contributed by atoms with Crippen LogP contribution in [-0.4, -0.2) is 10.1 Å². The molecular weight excluding hydrogens is 270 g/mol. The highest BCUT2D eigenvalue weighted by atomic mass is 35.5. The van der Waals surface area contributed by atoms with Gasteiger partial charge in [-0.15, -0.1) is 0 Å². The molecule has 3 heteroatoms. The minimum absolute atomic E-state index is 0.327. The Kier molecular flexibility index (Phi) is 3.19. The zero-order chi connectivity index (χ0) is 14.3. The number of nitrogens with one attached hydrogen (secondary N) is 1. The molecule has 0 saturated heterocycles. The molecule has 1 aromatic heterocycles. The van der Waals surface area contributed by atoms with Crippen LogP contribution in [0.5, 0.6) is 5.75 Å². The van der Waals surface area contributed by atoms with E-state index in [1.807, 2.05) is 24.3 Å². The van der Waals surface area contributed by atoms with Gasteiger partial charge in [-0.2, -0.15) is 0 Å². The Bertz CT molecular complexity index is 826. The van der Waals surface area contributed by atoms with E-state index in [4.69, 9.17) is 11.6 Å². The van der Waals surface area contributed by atoms with Crippen LogP contribution in [0.3, 0.4) is 0 Å². The van der Waals surface area contributed by atoms with E-state index in [-0.39, 0.29) is 0 Å². The van der Waals surface area contributed by atoms with Gasteiger partial charge >= 0.3 is 0 Å². The first-order valence-electron chi connectivity index (χ1n) is 6.61. The Morgan fingerprint density at radius 2 is 2.00 bits per heavy atom. The highest BCUT2D eigenvalue weighted by Crippen LogP contribution is 2.34. The van der Waals surface area contributed by atoms with Gasteiger partial charge in [-0.25, -0.2) is 0 Å². The third kappa shape index (κ3) is 2.16. The number of fused-ring (bicyclic) bond motifs is 3. The SMILES string of the molecule is CC(C)=CCc1c(O)ccc2c1[nH]c1ccc(Cl)cc12. The monoisotopic (exact) mass is 285 g/mol. The van der Waals surface area contributed by atoms with Gasteiger partial charge in [-0.05, 0) is 50.6 Å². The summed E-state index contributed by atoms with van der Waals surface area (Å²) in [5, 5.41) is 13.0. The number of benzene rings is 2. The fourth-order valence-corrected chi connectivity index (χ4v) is 2.67. The van der Waals surface area contributed by atoms with E-state index in [1.54, 1.807) is 6.07 Å². The highest BCUT2D eigenvalue weighted by Gasteiger charge is 2.11. The van der Waals surface area contributed by atoms with Crippen molar-refractivity contribution in [3.8, 4) is 5.75 Å². The summed E-state index contributed by atoms with van der Waals surface area (Å²) < 4.78 is 0. The number of hydrogen-bond donors (Lipinski definition) is 2. The molecule has 0 aliphatic carbocycles. The zero-order valence-electron chi connectivity index (χ0n) is 11.5. The summed E-state index contributed by atoms with van der Waals surface area (Å²) in [5.74, 6) is 0.327. The number of aromatic hydroxyl groups is 1. The highest BCUT2D eigenvalue weighted by molar-refractivity contribution is 6.31. The molecule has 2 N–H and O–H groups in total. The first kappa shape index (κ1) is 13.1. The van der Waals surface area contributed by atoms with Crippen molar-refractivity contribution in [1.82, 2.24) is 4.98 Å². The average molecular weight is 286 g/mol. The molecule has 20 heavy (non-hydrogen) atoms. The molecule has 0 saturated carbocycles. The first-order valence-corrected chi connectivity index (χ1v) is 6.99. The van der Waals surface area contributed by atoms with Gasteiger partial charge in [0.15, 0.2) is 0 Å². The van der Waals surface area contributed by atoms with Gasteiger partial charge in [0, 0.05) is 26.9 Å². The second kappa shape index (κ2) is 4.88. The fraction of sp³-hybridized carbons (Fsp3) is 0.176. The third-order valence-electron chi connectivity index (χ3n) is 3.53. The van der Waals surface area contributed by atoms with Crippen LogP contribution in [0.15, 0.2) is 42.0 Å². The third-order valence-corrected chi connectivity index (χ3v) is 3.77. The van der Waals surface area contributed by atoms with Crippen LogP contribution in [0.4, 0.5) is 0 Å². The van der Waals surface area contributed by atoms with E-state index < -0.39 is 0 Å². The maximum Gasteiger partial charge on any atom is 0.121 e. The molecule has 0 amide bonds. The number of rotatable bonds is 2. The fourth-order valence-electron chi connectivity index (χ4n) is 2.50. The van der Waals surface area contributed by atoms with Gasteiger partial charge < -0.3 is 10.1 Å². The minimum Gasteiger partial charge on any atom is -0.508 e. The molecule has 0 fully saturated rings. The quantitative estimate of drug-likeness (QED) is 0.625. The van der Waals surface area contributed by atoms with Gasteiger partial charge in [0.2, 0.25) is 0 Å². The maximum absolute atomic E-state index is 10.1. The molecule has 1 heterocycles. The van der Waals surface area contributed by atoms with Crippen molar-refractivity contribution in [2.75, 3.05) is 0 Å². The first-order chi connectivity index (χ1) is 9.56. The van der Waals surface area contributed by atoms with Crippen LogP contribution in [0, 0.1) is 0 Å². The van der Waals surface area contributed by atoms with Crippen LogP contribution in [-0.2, 0) is 6.42 Å². The predicted molar refractivity (Wildman–Crippen MR) is 85.6 cm³/mol. The van der Waals surface area contributed by atoms with Crippen LogP contribution in [0.2, 0.25) is 5.02 Å². The lowest BCUT2D eigenvalue weighted by molar-refractivity contribution is 0.471. The lowest BCUT2D eigenvalue weighted by Crippen LogP contribution is -1.86. The van der Waals surface area contributed by atoms with E-state index in [9.17, 15) is 5.11 Å². The number of phenolic OH excluding ortho intramolecular Hbond substituents is 1. The van der Waals surface area contributed by atoms with Crippen molar-refractivity contribution in [2.24, 2.45) is 0 Å². The van der Waals surface area contributed by atoms with Crippen LogP contribution < -0.4 is 0 Å². The Balaban J connectivity index is 2.31. The molecule has 3 aromatic rings. The number of aromatic nitrogens is 1. The molecule has 0 aliphatic heterocycles. The number of halogens is 1. The summed E-state index contributed by atoms with van der Waals surface area (Å²) in [4.78, 5) is 3.39. The van der Waals surface area contributed by atoms with E-state index in [0.717, 1.165) is 32.4 Å². The molecule has 2 aromatic carbocycles. The number of hydrogen-bond acceptors (Lipinski definition) is 1. The molecule has 0 aliphatic rings. The molecule has 2 nitrogen and oxygen atoms in total. The molecule has 0 bridgehead atoms. The minimum atomic E-state index is 0.327. The lowest BCUT2D eigenvalue weighted by Gasteiger charge is -2.04. The zero-order valence-corrected chi connectivity index (χ0v) is 12.3. The van der Waals surface area contributed by atoms with Gasteiger partial charge in [0.25, 0.3) is 0 Å². The van der Waals surface area contributed by atoms with Crippen LogP contribution in [0.1, 0.15) is 19.4 Å². The summed E-state index contributed by atoms with van der Waals surface area (Å²) in [5.41, 5.74) is 4.18. The topological polar surface area (TPSA) is 36.0 Å². The van der Waals surface area contributed by atoms with Gasteiger partial charge in [-0.1, -0.05) is 23.3 Å². The smallest absolute Gasteiger partial charge is 0.121 e. The van der Waals surface area contributed by atoms with E-state index in [0.29, 0.717) is 12.2 Å². The van der Waals surface area contributed by atoms with Crippen molar-refractivity contribution >= 4 is 33.4 Å². The van der Waals surface area contributed by atoms with Crippen molar-refractivity contribution in [3.05, 3.63) is 52.6 Å². The van der Waals surface area contributed by atoms with E-state index in [2.05, 4.69) is 24.9 Å². The summed E-state index contributed by atoms with van der Waals surface area (Å²) >= 11 is 6.08. The number of H-pyrrole nitrogens is 1. The van der Waals surface area contributed by atoms with Gasteiger partial charge in [-0.3, -0.25) is 0 Å². The van der Waals surface area contributed by atoms with Crippen LogP contribution in [0.25, 0.3) is 21.8 Å². The Hall–Kier alpha value is -1.93. The molecule has 0 spiro atoms. The summed E-state index contributed by atoms with van der Waals surface area (Å²) in [6, 6.07) is 9.49. The predicted octanol–water partition coefficient (Wildman–Crippen LogP) is 5.19. The van der Waals surface area contributed by atoms with E-state index >= 15 is 0 Å². The van der Waals surface area contributed by atoms with Gasteiger partial charge in [0.1, 0.15) is 5.75 Å². The van der Waals surface area contributed by atoms with Crippen molar-refractivity contribution in [1.29, 1.82) is 0 Å². The summed E-state index contributed by atoms with van der Waals surface area (Å²) in [7, 11) is 0. The summed E-state index contributed by atoms with van der Waals surface area (Å²) in [6.07, 6.45) is 2.83. The second-order valence-corrected chi connectivity index (χ2v) is 5.72. The Morgan fingerprint density at radius 3 is 2.75 bits per heavy atom. The number of allylic oxidation sites excluding steroid dienone is 2. The molecular formula is C17H16ClNO. The standard InChI is InChI=1S/C17H16ClNO/c1-10(2)3-5-13-16(20)8-6-12-14-9-11(18)4-7-15(14)19-17(12)13/h3-4,6-9,19-20H,5H2,1-2H3. The van der Waals surface area contributed by atoms with Crippen molar-refractivity contribution < 1.29 is 5.11 Å². The van der Waals surface area contributed by atoms with Crippen molar-refractivity contribution in [2.45, 2.75) is 20.3 Å². The van der Waals surface area contributed by atoms with E-state index in [1.165, 1.54) is 5.57 Å². The molecule has 0 radical (unpaired) electrons. The second-order valence-electron chi connectivity index (χ2n) is 5.29. The number of aromatic amines is 1. The normalized spacial score (nSPS) is 11.2. The average Bonchev–Trinajstić information content (AvgIpc) is 2.75. The molecule has 102 valence electrons. The molecule has 0 atom stereocenters. The number of phenols is 1.